The lowest BCUT2D eigenvalue weighted by Crippen LogP contribution is -2.48. The average molecular weight is 391 g/mol. The van der Waals surface area contributed by atoms with E-state index in [2.05, 4.69) is 45.5 Å². The number of carbonyl (C=O) groups excluding carboxylic acids is 1. The molecule has 1 saturated heterocycles. The first-order valence-electron chi connectivity index (χ1n) is 9.72. The zero-order valence-corrected chi connectivity index (χ0v) is 16.6. The first-order valence-corrected chi connectivity index (χ1v) is 9.72. The van der Waals surface area contributed by atoms with Crippen LogP contribution in [0.2, 0.25) is 0 Å². The maximum Gasteiger partial charge on any atom is 0.219 e. The topological polar surface area (TPSA) is 84.5 Å². The molecule has 0 bridgehead atoms. The van der Waals surface area contributed by atoms with Crippen LogP contribution in [0.15, 0.2) is 48.5 Å². The van der Waals surface area contributed by atoms with Gasteiger partial charge >= 0.3 is 0 Å². The molecule has 0 unspecified atom stereocenters. The van der Waals surface area contributed by atoms with Crippen LogP contribution in [0.4, 0.5) is 17.2 Å². The number of anilines is 3. The van der Waals surface area contributed by atoms with E-state index in [4.69, 9.17) is 0 Å². The number of aromatic nitrogens is 2. The summed E-state index contributed by atoms with van der Waals surface area (Å²) in [7, 11) is 0. The van der Waals surface area contributed by atoms with Gasteiger partial charge in [0.25, 0.3) is 0 Å². The maximum absolute atomic E-state index is 11.5. The normalized spacial score (nSPS) is 14.1. The van der Waals surface area contributed by atoms with Gasteiger partial charge in [-0.15, -0.1) is 0 Å². The molecule has 150 valence electrons. The van der Waals surface area contributed by atoms with Crippen LogP contribution in [0.3, 0.4) is 0 Å². The number of amides is 1. The zero-order chi connectivity index (χ0) is 20.4. The molecule has 7 nitrogen and oxygen atoms in total. The van der Waals surface area contributed by atoms with Crippen molar-refractivity contribution in [1.82, 2.24) is 15.1 Å². The minimum absolute atomic E-state index is 0.144. The molecule has 0 atom stereocenters. The van der Waals surface area contributed by atoms with Crippen molar-refractivity contribution in [2.24, 2.45) is 0 Å². The van der Waals surface area contributed by atoms with Gasteiger partial charge in [0.05, 0.1) is 5.69 Å². The van der Waals surface area contributed by atoms with Crippen LogP contribution in [0.1, 0.15) is 12.5 Å². The van der Waals surface area contributed by atoms with Gasteiger partial charge in [0, 0.05) is 50.5 Å². The number of carbonyl (C=O) groups is 1. The standard InChI is InChI=1S/C22H25N5O2/c1-15-13-18(27-11-9-26(10-12-27)16(2)28)5-8-20(15)23-22-14-21(24-25-22)17-3-6-19(29)7-4-17/h3-8,13-14,29H,9-12H2,1-2H3,(H2,23,24,25). The summed E-state index contributed by atoms with van der Waals surface area (Å²) in [5, 5.41) is 20.2. The van der Waals surface area contributed by atoms with Gasteiger partial charge < -0.3 is 20.2 Å². The third-order valence-electron chi connectivity index (χ3n) is 5.32. The highest BCUT2D eigenvalue weighted by atomic mass is 16.3. The molecule has 3 aromatic rings. The summed E-state index contributed by atoms with van der Waals surface area (Å²) in [5.41, 5.74) is 5.14. The molecule has 29 heavy (non-hydrogen) atoms. The monoisotopic (exact) mass is 391 g/mol. The minimum Gasteiger partial charge on any atom is -0.508 e. The molecule has 1 aliphatic rings. The molecule has 2 aromatic carbocycles. The number of phenolic OH excluding ortho intramolecular Hbond substituents is 1. The predicted octanol–water partition coefficient (Wildman–Crippen LogP) is 3.50. The van der Waals surface area contributed by atoms with Crippen molar-refractivity contribution in [3.63, 3.8) is 0 Å². The Bertz CT molecular complexity index is 1000. The fourth-order valence-electron chi connectivity index (χ4n) is 3.58. The lowest BCUT2D eigenvalue weighted by atomic mass is 10.1. The Hall–Kier alpha value is -3.48. The number of hydrogen-bond donors (Lipinski definition) is 3. The largest absolute Gasteiger partial charge is 0.508 e. The van der Waals surface area contributed by atoms with Gasteiger partial charge in [0.1, 0.15) is 5.75 Å². The number of phenols is 1. The third kappa shape index (κ3) is 4.18. The Balaban J connectivity index is 1.44. The van der Waals surface area contributed by atoms with Crippen LogP contribution in [0.5, 0.6) is 5.75 Å². The fourth-order valence-corrected chi connectivity index (χ4v) is 3.58. The first-order chi connectivity index (χ1) is 14.0. The van der Waals surface area contributed by atoms with Crippen LogP contribution < -0.4 is 10.2 Å². The van der Waals surface area contributed by atoms with Crippen molar-refractivity contribution >= 4 is 23.1 Å². The molecule has 1 aromatic heterocycles. The minimum atomic E-state index is 0.144. The Morgan fingerprint density at radius 1 is 1.07 bits per heavy atom. The summed E-state index contributed by atoms with van der Waals surface area (Å²) in [6.45, 7) is 6.93. The Kier molecular flexibility index (Phi) is 5.12. The van der Waals surface area contributed by atoms with Crippen LogP contribution in [0, 0.1) is 6.92 Å². The van der Waals surface area contributed by atoms with Crippen molar-refractivity contribution in [3.05, 3.63) is 54.1 Å². The number of nitrogens with zero attached hydrogens (tertiary/aromatic N) is 3. The van der Waals surface area contributed by atoms with E-state index in [1.54, 1.807) is 19.1 Å². The SMILES string of the molecule is CC(=O)N1CCN(c2ccc(Nc3cc(-c4ccc(O)cc4)[nH]n3)c(C)c2)CC1. The molecule has 2 heterocycles. The third-order valence-corrected chi connectivity index (χ3v) is 5.32. The van der Waals surface area contributed by atoms with E-state index in [9.17, 15) is 9.90 Å². The van der Waals surface area contributed by atoms with E-state index in [-0.39, 0.29) is 11.7 Å². The van der Waals surface area contributed by atoms with E-state index in [0.29, 0.717) is 0 Å². The maximum atomic E-state index is 11.5. The van der Waals surface area contributed by atoms with Crippen LogP contribution in [0.25, 0.3) is 11.3 Å². The Labute approximate surface area is 170 Å². The second-order valence-electron chi connectivity index (χ2n) is 7.33. The molecule has 1 fully saturated rings. The summed E-state index contributed by atoms with van der Waals surface area (Å²) in [4.78, 5) is 15.7. The highest BCUT2D eigenvalue weighted by molar-refractivity contribution is 5.74. The lowest BCUT2D eigenvalue weighted by Gasteiger charge is -2.35. The van der Waals surface area contributed by atoms with Gasteiger partial charge in [-0.3, -0.25) is 9.89 Å². The van der Waals surface area contributed by atoms with Gasteiger partial charge in [0.2, 0.25) is 5.91 Å². The average Bonchev–Trinajstić information content (AvgIpc) is 3.19. The van der Waals surface area contributed by atoms with Crippen molar-refractivity contribution in [1.29, 1.82) is 0 Å². The number of benzene rings is 2. The number of piperazine rings is 1. The van der Waals surface area contributed by atoms with Crippen LogP contribution in [-0.4, -0.2) is 52.3 Å². The molecule has 0 saturated carbocycles. The quantitative estimate of drug-likeness (QED) is 0.634. The molecular weight excluding hydrogens is 366 g/mol. The molecule has 1 aliphatic heterocycles. The van der Waals surface area contributed by atoms with E-state index in [0.717, 1.165) is 54.5 Å². The van der Waals surface area contributed by atoms with Crippen LogP contribution >= 0.6 is 0 Å². The zero-order valence-electron chi connectivity index (χ0n) is 16.6. The molecule has 0 radical (unpaired) electrons. The highest BCUT2D eigenvalue weighted by Gasteiger charge is 2.19. The van der Waals surface area contributed by atoms with Crippen LogP contribution in [-0.2, 0) is 4.79 Å². The number of H-pyrrole nitrogens is 1. The number of aromatic amines is 1. The summed E-state index contributed by atoms with van der Waals surface area (Å²) in [6.07, 6.45) is 0. The van der Waals surface area contributed by atoms with Gasteiger partial charge in [-0.25, -0.2) is 0 Å². The van der Waals surface area contributed by atoms with Gasteiger partial charge in [-0.05, 0) is 60.5 Å². The lowest BCUT2D eigenvalue weighted by molar-refractivity contribution is -0.129. The molecule has 0 aliphatic carbocycles. The number of hydrogen-bond acceptors (Lipinski definition) is 5. The Morgan fingerprint density at radius 3 is 2.45 bits per heavy atom. The van der Waals surface area contributed by atoms with Gasteiger partial charge in [-0.1, -0.05) is 0 Å². The van der Waals surface area contributed by atoms with Crippen molar-refractivity contribution in [3.8, 4) is 17.0 Å². The number of nitrogens with one attached hydrogen (secondary N) is 2. The van der Waals surface area contributed by atoms with E-state index in [1.807, 2.05) is 23.1 Å². The highest BCUT2D eigenvalue weighted by Crippen LogP contribution is 2.28. The van der Waals surface area contributed by atoms with Gasteiger partial charge in [-0.2, -0.15) is 5.10 Å². The number of aryl methyl sites for hydroxylation is 1. The van der Waals surface area contributed by atoms with E-state index in [1.165, 1.54) is 5.69 Å². The molecule has 1 amide bonds. The van der Waals surface area contributed by atoms with E-state index >= 15 is 0 Å². The molecular formula is C22H25N5O2. The number of aromatic hydroxyl groups is 1. The van der Waals surface area contributed by atoms with Gasteiger partial charge in [0.15, 0.2) is 5.82 Å². The molecule has 3 N–H and O–H groups in total. The van der Waals surface area contributed by atoms with E-state index < -0.39 is 0 Å². The second kappa shape index (κ2) is 7.87. The first kappa shape index (κ1) is 18.9. The number of rotatable bonds is 4. The summed E-state index contributed by atoms with van der Waals surface area (Å²) in [5.74, 6) is 1.12. The summed E-state index contributed by atoms with van der Waals surface area (Å²) < 4.78 is 0. The Morgan fingerprint density at radius 2 is 1.79 bits per heavy atom. The summed E-state index contributed by atoms with van der Waals surface area (Å²) in [6, 6.07) is 15.3. The molecule has 0 spiro atoms. The smallest absolute Gasteiger partial charge is 0.219 e. The second-order valence-corrected chi connectivity index (χ2v) is 7.33. The van der Waals surface area contributed by atoms with Crippen molar-refractivity contribution in [2.45, 2.75) is 13.8 Å². The molecule has 4 rings (SSSR count). The fraction of sp³-hybridized carbons (Fsp3) is 0.273. The predicted molar refractivity (Wildman–Crippen MR) is 115 cm³/mol. The van der Waals surface area contributed by atoms with Crippen molar-refractivity contribution < 1.29 is 9.90 Å². The molecule has 7 heteroatoms. The summed E-state index contributed by atoms with van der Waals surface area (Å²) >= 11 is 0. The van der Waals surface area contributed by atoms with Crippen molar-refractivity contribution in [2.75, 3.05) is 36.4 Å².